The van der Waals surface area contributed by atoms with E-state index in [9.17, 15) is 0 Å². The fourth-order valence-corrected chi connectivity index (χ4v) is 6.58. The molecule has 0 radical (unpaired) electrons. The van der Waals surface area contributed by atoms with Crippen molar-refractivity contribution >= 4 is 29.2 Å². The second kappa shape index (κ2) is 3.24. The Kier molecular flexibility index (Phi) is 2.31. The van der Waals surface area contributed by atoms with Crippen molar-refractivity contribution in [1.29, 1.82) is 0 Å². The van der Waals surface area contributed by atoms with Gasteiger partial charge in [-0.1, -0.05) is 0 Å². The maximum atomic E-state index is 4.79. The minimum absolute atomic E-state index is 0.244. The SMILES string of the molecule is C[As]1C(C(C)(C)C)=Nc2ccccc21. The molecule has 1 nitrogen and oxygen atoms in total. The first-order valence-electron chi connectivity index (χ1n) is 4.92. The Morgan fingerprint density at radius 2 is 1.79 bits per heavy atom. The van der Waals surface area contributed by atoms with E-state index in [1.54, 1.807) is 0 Å². The molecule has 0 aliphatic carbocycles. The zero-order valence-corrected chi connectivity index (χ0v) is 11.1. The molecule has 0 amide bonds. The fraction of sp³-hybridized carbons (Fsp3) is 0.417. The number of fused-ring (bicyclic) bond motifs is 1. The summed E-state index contributed by atoms with van der Waals surface area (Å²) in [4.78, 5) is 4.79. The number of benzene rings is 1. The summed E-state index contributed by atoms with van der Waals surface area (Å²) in [5.74, 6) is 0. The number of rotatable bonds is 0. The molecule has 0 N–H and O–H groups in total. The Labute approximate surface area is 90.5 Å². The molecule has 1 aromatic carbocycles. The van der Waals surface area contributed by atoms with Gasteiger partial charge in [0.05, 0.1) is 0 Å². The molecule has 14 heavy (non-hydrogen) atoms. The Morgan fingerprint density at radius 1 is 1.14 bits per heavy atom. The van der Waals surface area contributed by atoms with Crippen LogP contribution >= 0.6 is 0 Å². The second-order valence-corrected chi connectivity index (χ2v) is 8.98. The van der Waals surface area contributed by atoms with Gasteiger partial charge in [0.2, 0.25) is 0 Å². The van der Waals surface area contributed by atoms with Crippen LogP contribution in [0.15, 0.2) is 29.3 Å². The Bertz CT molecular complexity index is 388. The molecule has 0 bridgehead atoms. The molecule has 0 saturated carbocycles. The van der Waals surface area contributed by atoms with Crippen LogP contribution in [-0.2, 0) is 0 Å². The van der Waals surface area contributed by atoms with Gasteiger partial charge in [-0.15, -0.1) is 0 Å². The predicted octanol–water partition coefficient (Wildman–Crippen LogP) is 2.69. The van der Waals surface area contributed by atoms with Crippen LogP contribution in [0.25, 0.3) is 0 Å². The minimum atomic E-state index is -1.01. The summed E-state index contributed by atoms with van der Waals surface area (Å²) in [6.45, 7) is 6.80. The monoisotopic (exact) mass is 249 g/mol. The molecule has 1 aromatic rings. The summed E-state index contributed by atoms with van der Waals surface area (Å²) in [7, 11) is 0. The summed E-state index contributed by atoms with van der Waals surface area (Å²) in [6, 6.07) is 8.60. The van der Waals surface area contributed by atoms with Crippen molar-refractivity contribution in [3.05, 3.63) is 24.3 Å². The predicted molar refractivity (Wildman–Crippen MR) is 64.2 cm³/mol. The van der Waals surface area contributed by atoms with Crippen LogP contribution in [0.3, 0.4) is 0 Å². The van der Waals surface area contributed by atoms with Gasteiger partial charge in [-0.2, -0.15) is 0 Å². The molecule has 0 aromatic heterocycles. The van der Waals surface area contributed by atoms with Crippen LogP contribution in [0.5, 0.6) is 0 Å². The zero-order valence-electron chi connectivity index (χ0n) is 9.20. The normalized spacial score (nSPS) is 20.6. The van der Waals surface area contributed by atoms with Crippen molar-refractivity contribution in [1.82, 2.24) is 0 Å². The van der Waals surface area contributed by atoms with E-state index in [2.05, 4.69) is 50.7 Å². The van der Waals surface area contributed by atoms with Crippen LogP contribution in [0.2, 0.25) is 5.71 Å². The van der Waals surface area contributed by atoms with Crippen LogP contribution in [0.4, 0.5) is 5.69 Å². The van der Waals surface area contributed by atoms with Gasteiger partial charge in [-0.3, -0.25) is 0 Å². The number of hydrogen-bond donors (Lipinski definition) is 0. The molecular weight excluding hydrogens is 233 g/mol. The van der Waals surface area contributed by atoms with E-state index in [-0.39, 0.29) is 5.41 Å². The Balaban J connectivity index is 2.47. The van der Waals surface area contributed by atoms with Crippen molar-refractivity contribution in [3.63, 3.8) is 0 Å². The molecule has 0 spiro atoms. The van der Waals surface area contributed by atoms with E-state index >= 15 is 0 Å². The van der Waals surface area contributed by atoms with E-state index in [4.69, 9.17) is 4.99 Å². The van der Waals surface area contributed by atoms with Crippen LogP contribution in [0, 0.1) is 5.41 Å². The first-order chi connectivity index (χ1) is 6.50. The maximum absolute atomic E-state index is 4.79. The Morgan fingerprint density at radius 3 is 2.36 bits per heavy atom. The molecule has 1 aliphatic rings. The summed E-state index contributed by atoms with van der Waals surface area (Å²) in [5.41, 5.74) is 3.86. The molecule has 0 saturated heterocycles. The fourth-order valence-electron chi connectivity index (χ4n) is 1.82. The molecule has 1 unspecified atom stereocenters. The molecule has 1 atom stereocenters. The number of para-hydroxylation sites is 1. The molecule has 0 fully saturated rings. The molecule has 2 rings (SSSR count). The molecule has 2 heteroatoms. The van der Waals surface area contributed by atoms with Crippen LogP contribution in [0.1, 0.15) is 20.8 Å². The Hall–Kier alpha value is -0.552. The van der Waals surface area contributed by atoms with Crippen molar-refractivity contribution in [3.8, 4) is 0 Å². The topological polar surface area (TPSA) is 12.4 Å². The summed E-state index contributed by atoms with van der Waals surface area (Å²) < 4.78 is 2.97. The summed E-state index contributed by atoms with van der Waals surface area (Å²) in [6.07, 6.45) is 0. The van der Waals surface area contributed by atoms with Gasteiger partial charge in [-0.05, 0) is 0 Å². The molecule has 1 aliphatic heterocycles. The van der Waals surface area contributed by atoms with Gasteiger partial charge in [0.25, 0.3) is 0 Å². The quantitative estimate of drug-likeness (QED) is 0.627. The first-order valence-corrected chi connectivity index (χ1v) is 8.67. The third-order valence-electron chi connectivity index (χ3n) is 2.46. The van der Waals surface area contributed by atoms with Crippen molar-refractivity contribution in [2.45, 2.75) is 26.5 Å². The standard InChI is InChI=1S/C12H16AsN/c1-12(2,3)11-13(4)9-7-5-6-8-10(9)14-11/h5-8H,1-4H3. The van der Waals surface area contributed by atoms with E-state index in [1.807, 2.05) is 0 Å². The van der Waals surface area contributed by atoms with Crippen molar-refractivity contribution in [2.75, 3.05) is 0 Å². The van der Waals surface area contributed by atoms with Gasteiger partial charge >= 0.3 is 90.3 Å². The van der Waals surface area contributed by atoms with Gasteiger partial charge in [0.15, 0.2) is 0 Å². The van der Waals surface area contributed by atoms with Crippen LogP contribution in [-0.4, -0.2) is 19.2 Å². The van der Waals surface area contributed by atoms with Crippen molar-refractivity contribution in [2.24, 2.45) is 10.4 Å². The van der Waals surface area contributed by atoms with Gasteiger partial charge < -0.3 is 0 Å². The zero-order chi connectivity index (χ0) is 10.3. The third-order valence-corrected chi connectivity index (χ3v) is 7.72. The van der Waals surface area contributed by atoms with E-state index < -0.39 is 14.7 Å². The van der Waals surface area contributed by atoms with Gasteiger partial charge in [0, 0.05) is 0 Å². The number of aliphatic imine (C=N–C) groups is 1. The molecular formula is C12H16AsN. The van der Waals surface area contributed by atoms with Crippen molar-refractivity contribution < 1.29 is 0 Å². The number of nitrogens with zero attached hydrogens (tertiary/aromatic N) is 1. The molecule has 74 valence electrons. The first kappa shape index (κ1) is 9.98. The average molecular weight is 249 g/mol. The second-order valence-electron chi connectivity index (χ2n) is 4.73. The average Bonchev–Trinajstić information content (AvgIpc) is 2.44. The third kappa shape index (κ3) is 1.54. The van der Waals surface area contributed by atoms with Gasteiger partial charge in [0.1, 0.15) is 0 Å². The van der Waals surface area contributed by atoms with E-state index in [0.29, 0.717) is 0 Å². The summed E-state index contributed by atoms with van der Waals surface area (Å²) >= 11 is -1.01. The van der Waals surface area contributed by atoms with Gasteiger partial charge in [-0.25, -0.2) is 0 Å². The van der Waals surface area contributed by atoms with Crippen LogP contribution < -0.4 is 4.35 Å². The summed E-state index contributed by atoms with van der Waals surface area (Å²) in [5, 5.41) is 0. The molecule has 1 heterocycles. The van der Waals surface area contributed by atoms with E-state index in [1.165, 1.54) is 14.5 Å². The number of hydrogen-bond acceptors (Lipinski definition) is 1. The van der Waals surface area contributed by atoms with E-state index in [0.717, 1.165) is 0 Å².